The van der Waals surface area contributed by atoms with Crippen molar-refractivity contribution in [2.45, 2.75) is 39.2 Å². The third kappa shape index (κ3) is 6.84. The SMILES string of the molecule is CCCCCCN1C(=O)C(=Cc2cn(-c3ccccc3)nc2-c2ccc(OCc3ccc(Cl)cc3)cc2)SC1=S. The zero-order valence-electron chi connectivity index (χ0n) is 22.3. The van der Waals surface area contributed by atoms with Gasteiger partial charge < -0.3 is 4.74 Å². The van der Waals surface area contributed by atoms with E-state index in [0.29, 0.717) is 27.4 Å². The van der Waals surface area contributed by atoms with Gasteiger partial charge in [0.05, 0.1) is 16.3 Å². The van der Waals surface area contributed by atoms with Crippen LogP contribution in [0.25, 0.3) is 23.0 Å². The second-order valence-corrected chi connectivity index (χ2v) is 11.7. The molecule has 0 saturated carbocycles. The highest BCUT2D eigenvalue weighted by molar-refractivity contribution is 8.26. The van der Waals surface area contributed by atoms with E-state index in [-0.39, 0.29) is 5.91 Å². The van der Waals surface area contributed by atoms with Crippen molar-refractivity contribution in [2.24, 2.45) is 0 Å². The van der Waals surface area contributed by atoms with Gasteiger partial charge in [0.25, 0.3) is 5.91 Å². The van der Waals surface area contributed by atoms with Gasteiger partial charge in [0.15, 0.2) is 0 Å². The number of carbonyl (C=O) groups is 1. The van der Waals surface area contributed by atoms with Crippen molar-refractivity contribution >= 4 is 51.9 Å². The highest BCUT2D eigenvalue weighted by atomic mass is 35.5. The Balaban J connectivity index is 1.39. The van der Waals surface area contributed by atoms with Gasteiger partial charge in [-0.2, -0.15) is 5.10 Å². The lowest BCUT2D eigenvalue weighted by Crippen LogP contribution is -2.29. The molecule has 5 nitrogen and oxygen atoms in total. The van der Waals surface area contributed by atoms with Gasteiger partial charge in [-0.1, -0.05) is 92.1 Å². The Bertz CT molecular complexity index is 1500. The van der Waals surface area contributed by atoms with Crippen molar-refractivity contribution in [3.63, 3.8) is 0 Å². The number of benzene rings is 3. The number of para-hydroxylation sites is 1. The number of hydrogen-bond acceptors (Lipinski definition) is 5. The van der Waals surface area contributed by atoms with Crippen LogP contribution in [0, 0.1) is 0 Å². The number of carbonyl (C=O) groups excluding carboxylic acids is 1. The van der Waals surface area contributed by atoms with Crippen LogP contribution in [0.2, 0.25) is 5.02 Å². The number of halogens is 1. The van der Waals surface area contributed by atoms with E-state index in [1.165, 1.54) is 11.8 Å². The van der Waals surface area contributed by atoms with E-state index in [1.807, 2.05) is 95.8 Å². The van der Waals surface area contributed by atoms with Crippen LogP contribution in [0.5, 0.6) is 5.75 Å². The zero-order valence-corrected chi connectivity index (χ0v) is 24.6. The fourth-order valence-corrected chi connectivity index (χ4v) is 5.84. The summed E-state index contributed by atoms with van der Waals surface area (Å²) >= 11 is 12.9. The largest absolute Gasteiger partial charge is 0.489 e. The molecular formula is C32H30ClN3O2S2. The first-order chi connectivity index (χ1) is 19.5. The lowest BCUT2D eigenvalue weighted by atomic mass is 10.1. The fraction of sp³-hybridized carbons (Fsp3) is 0.219. The van der Waals surface area contributed by atoms with Crippen LogP contribution in [-0.4, -0.2) is 31.5 Å². The number of amides is 1. The molecule has 0 spiro atoms. The monoisotopic (exact) mass is 587 g/mol. The first-order valence-corrected chi connectivity index (χ1v) is 15.0. The van der Waals surface area contributed by atoms with Crippen LogP contribution >= 0.6 is 35.6 Å². The molecule has 0 N–H and O–H groups in total. The zero-order chi connectivity index (χ0) is 27.9. The van der Waals surface area contributed by atoms with Gasteiger partial charge in [-0.05, 0) is 66.6 Å². The topological polar surface area (TPSA) is 47.4 Å². The second-order valence-electron chi connectivity index (χ2n) is 9.55. The molecule has 1 aliphatic heterocycles. The Morgan fingerprint density at radius 3 is 2.45 bits per heavy atom. The highest BCUT2D eigenvalue weighted by Crippen LogP contribution is 2.35. The average molecular weight is 588 g/mol. The molecule has 4 aromatic rings. The van der Waals surface area contributed by atoms with Crippen LogP contribution in [0.4, 0.5) is 0 Å². The molecule has 0 radical (unpaired) electrons. The molecule has 204 valence electrons. The number of hydrogen-bond donors (Lipinski definition) is 0. The maximum Gasteiger partial charge on any atom is 0.266 e. The normalized spacial score (nSPS) is 14.3. The lowest BCUT2D eigenvalue weighted by molar-refractivity contribution is -0.122. The number of aromatic nitrogens is 2. The predicted octanol–water partition coefficient (Wildman–Crippen LogP) is 8.55. The third-order valence-corrected chi connectivity index (χ3v) is 8.24. The molecule has 1 aromatic heterocycles. The van der Waals surface area contributed by atoms with Crippen LogP contribution < -0.4 is 4.74 Å². The Hall–Kier alpha value is -3.39. The lowest BCUT2D eigenvalue weighted by Gasteiger charge is -2.13. The van der Waals surface area contributed by atoms with Gasteiger partial charge in [0, 0.05) is 28.9 Å². The summed E-state index contributed by atoms with van der Waals surface area (Å²) in [7, 11) is 0. The number of thiocarbonyl (C=S) groups is 1. The number of unbranched alkanes of at least 4 members (excludes halogenated alkanes) is 3. The summed E-state index contributed by atoms with van der Waals surface area (Å²) in [4.78, 5) is 15.6. The highest BCUT2D eigenvalue weighted by Gasteiger charge is 2.32. The van der Waals surface area contributed by atoms with Crippen molar-refractivity contribution in [1.29, 1.82) is 0 Å². The Morgan fingerprint density at radius 1 is 0.975 bits per heavy atom. The summed E-state index contributed by atoms with van der Waals surface area (Å²) in [6.07, 6.45) is 8.25. The minimum atomic E-state index is -0.0316. The molecule has 1 fully saturated rings. The van der Waals surface area contributed by atoms with Crippen molar-refractivity contribution in [2.75, 3.05) is 6.54 Å². The standard InChI is InChI=1S/C32H30ClN3O2S2/c1-2-3-4-8-19-35-31(37)29(40-32(35)39)20-25-21-36(27-9-6-5-7-10-27)34-30(25)24-13-17-28(18-14-24)38-22-23-11-15-26(33)16-12-23/h5-7,9-18,20-21H,2-4,8,19,22H2,1H3. The molecule has 8 heteroatoms. The molecule has 0 bridgehead atoms. The minimum absolute atomic E-state index is 0.0316. The maximum absolute atomic E-state index is 13.3. The van der Waals surface area contributed by atoms with Gasteiger partial charge in [-0.3, -0.25) is 9.69 Å². The number of rotatable bonds is 11. The van der Waals surface area contributed by atoms with Gasteiger partial charge in [0.2, 0.25) is 0 Å². The van der Waals surface area contributed by atoms with E-state index in [1.54, 1.807) is 4.90 Å². The predicted molar refractivity (Wildman–Crippen MR) is 169 cm³/mol. The summed E-state index contributed by atoms with van der Waals surface area (Å²) in [5.74, 6) is 0.725. The van der Waals surface area contributed by atoms with Gasteiger partial charge in [0.1, 0.15) is 16.7 Å². The summed E-state index contributed by atoms with van der Waals surface area (Å²) in [5.41, 5.74) is 4.54. The Morgan fingerprint density at radius 2 is 1.73 bits per heavy atom. The first-order valence-electron chi connectivity index (χ1n) is 13.4. The molecule has 40 heavy (non-hydrogen) atoms. The molecule has 3 aromatic carbocycles. The summed E-state index contributed by atoms with van der Waals surface area (Å²) in [6.45, 7) is 3.29. The Kier molecular flexibility index (Phi) is 9.37. The number of nitrogens with zero attached hydrogens (tertiary/aromatic N) is 3. The Labute approximate surface area is 249 Å². The first kappa shape index (κ1) is 28.1. The van der Waals surface area contributed by atoms with Crippen LogP contribution in [-0.2, 0) is 11.4 Å². The van der Waals surface area contributed by atoms with Crippen LogP contribution in [0.15, 0.2) is 90.0 Å². The van der Waals surface area contributed by atoms with Crippen LogP contribution in [0.1, 0.15) is 43.7 Å². The van der Waals surface area contributed by atoms with Crippen LogP contribution in [0.3, 0.4) is 0 Å². The van der Waals surface area contributed by atoms with E-state index >= 15 is 0 Å². The molecule has 5 rings (SSSR count). The molecule has 1 saturated heterocycles. The second kappa shape index (κ2) is 13.3. The molecular weight excluding hydrogens is 558 g/mol. The summed E-state index contributed by atoms with van der Waals surface area (Å²) in [5, 5.41) is 5.61. The molecule has 0 aliphatic carbocycles. The molecule has 0 atom stereocenters. The molecule has 2 heterocycles. The van der Waals surface area contributed by atoms with Crippen molar-refractivity contribution in [1.82, 2.24) is 14.7 Å². The summed E-state index contributed by atoms with van der Waals surface area (Å²) in [6, 6.07) is 25.4. The maximum atomic E-state index is 13.3. The average Bonchev–Trinajstić information content (AvgIpc) is 3.52. The van der Waals surface area contributed by atoms with Gasteiger partial charge >= 0.3 is 0 Å². The minimum Gasteiger partial charge on any atom is -0.489 e. The fourth-order valence-electron chi connectivity index (χ4n) is 4.42. The van der Waals surface area contributed by atoms with E-state index in [0.717, 1.165) is 59.5 Å². The van der Waals surface area contributed by atoms with Crippen molar-refractivity contribution in [3.8, 4) is 22.7 Å². The van der Waals surface area contributed by atoms with Crippen molar-refractivity contribution < 1.29 is 9.53 Å². The van der Waals surface area contributed by atoms with E-state index in [4.69, 9.17) is 33.7 Å². The number of thioether (sulfide) groups is 1. The van der Waals surface area contributed by atoms with Gasteiger partial charge in [-0.25, -0.2) is 4.68 Å². The third-order valence-electron chi connectivity index (χ3n) is 6.61. The number of ether oxygens (including phenoxy) is 1. The smallest absolute Gasteiger partial charge is 0.266 e. The molecule has 1 amide bonds. The van der Waals surface area contributed by atoms with E-state index in [9.17, 15) is 4.79 Å². The summed E-state index contributed by atoms with van der Waals surface area (Å²) < 4.78 is 8.43. The van der Waals surface area contributed by atoms with E-state index < -0.39 is 0 Å². The van der Waals surface area contributed by atoms with Crippen molar-refractivity contribution in [3.05, 3.63) is 106 Å². The van der Waals surface area contributed by atoms with E-state index in [2.05, 4.69) is 6.92 Å². The molecule has 0 unspecified atom stereocenters. The quantitative estimate of drug-likeness (QED) is 0.0999. The van der Waals surface area contributed by atoms with Gasteiger partial charge in [-0.15, -0.1) is 0 Å². The molecule has 1 aliphatic rings.